The van der Waals surface area contributed by atoms with Crippen LogP contribution in [0.2, 0.25) is 0 Å². The Labute approximate surface area is 137 Å². The molecular weight excluding hydrogens is 350 g/mol. The molecule has 1 atom stereocenters. The molecule has 3 nitrogen and oxygen atoms in total. The van der Waals surface area contributed by atoms with Crippen LogP contribution in [0, 0.1) is 0 Å². The Morgan fingerprint density at radius 1 is 1.29 bits per heavy atom. The normalized spacial score (nSPS) is 12.4. The Balaban J connectivity index is 1.98. The zero-order valence-electron chi connectivity index (χ0n) is 12.0. The van der Waals surface area contributed by atoms with Gasteiger partial charge in [0.1, 0.15) is 5.75 Å². The number of pyridine rings is 1. The van der Waals surface area contributed by atoms with Crippen molar-refractivity contribution < 1.29 is 9.84 Å². The summed E-state index contributed by atoms with van der Waals surface area (Å²) in [5, 5.41) is 10.3. The molecule has 2 rings (SSSR count). The lowest BCUT2D eigenvalue weighted by Gasteiger charge is -2.13. The number of hydrogen-bond donors (Lipinski definition) is 1. The first-order valence-corrected chi connectivity index (χ1v) is 8.50. The van der Waals surface area contributed by atoms with Crippen molar-refractivity contribution in [3.8, 4) is 5.75 Å². The molecule has 1 aromatic heterocycles. The van der Waals surface area contributed by atoms with Gasteiger partial charge in [0.05, 0.1) is 18.4 Å². The summed E-state index contributed by atoms with van der Waals surface area (Å²) in [4.78, 5) is 5.24. The topological polar surface area (TPSA) is 42.4 Å². The van der Waals surface area contributed by atoms with Gasteiger partial charge in [0.25, 0.3) is 0 Å². The highest BCUT2D eigenvalue weighted by Crippen LogP contribution is 2.27. The summed E-state index contributed by atoms with van der Waals surface area (Å²) < 4.78 is 6.63. The van der Waals surface area contributed by atoms with Crippen LogP contribution in [0.4, 0.5) is 0 Å². The fourth-order valence-electron chi connectivity index (χ4n) is 1.78. The van der Waals surface area contributed by atoms with Gasteiger partial charge in [-0.25, -0.2) is 0 Å². The van der Waals surface area contributed by atoms with E-state index in [1.807, 2.05) is 44.2 Å². The van der Waals surface area contributed by atoms with Gasteiger partial charge >= 0.3 is 0 Å². The average molecular weight is 368 g/mol. The minimum Gasteiger partial charge on any atom is -0.489 e. The number of aliphatic hydroxyl groups is 1. The molecule has 0 bridgehead atoms. The Bertz CT molecular complexity index is 592. The van der Waals surface area contributed by atoms with Gasteiger partial charge in [-0.05, 0) is 38.1 Å². The number of thioether (sulfide) groups is 1. The van der Waals surface area contributed by atoms with E-state index < -0.39 is 6.10 Å². The molecule has 1 aromatic carbocycles. The van der Waals surface area contributed by atoms with E-state index in [1.165, 1.54) is 0 Å². The maximum Gasteiger partial charge on any atom is 0.138 e. The number of ether oxygens (including phenoxy) is 1. The van der Waals surface area contributed by atoms with Gasteiger partial charge in [0.15, 0.2) is 0 Å². The van der Waals surface area contributed by atoms with Crippen LogP contribution in [-0.2, 0) is 0 Å². The third-order valence-electron chi connectivity index (χ3n) is 2.69. The highest BCUT2D eigenvalue weighted by molar-refractivity contribution is 9.10. The molecule has 0 aliphatic rings. The van der Waals surface area contributed by atoms with E-state index >= 15 is 0 Å². The van der Waals surface area contributed by atoms with Crippen molar-refractivity contribution in [2.75, 3.05) is 5.75 Å². The van der Waals surface area contributed by atoms with Gasteiger partial charge in [0, 0.05) is 26.9 Å². The maximum atomic E-state index is 10.3. The minimum atomic E-state index is -0.572. The first-order chi connectivity index (χ1) is 10.0. The van der Waals surface area contributed by atoms with Crippen LogP contribution < -0.4 is 4.74 Å². The van der Waals surface area contributed by atoms with Gasteiger partial charge in [0.2, 0.25) is 0 Å². The summed E-state index contributed by atoms with van der Waals surface area (Å²) in [6, 6.07) is 9.88. The molecular formula is C16H18BrNO2S. The average Bonchev–Trinajstić information content (AvgIpc) is 2.44. The molecule has 0 saturated heterocycles. The van der Waals surface area contributed by atoms with Crippen LogP contribution in [0.25, 0.3) is 0 Å². The maximum absolute atomic E-state index is 10.3. The third-order valence-corrected chi connectivity index (χ3v) is 4.26. The van der Waals surface area contributed by atoms with Crippen LogP contribution in [0.1, 0.15) is 25.5 Å². The second-order valence-electron chi connectivity index (χ2n) is 4.90. The largest absolute Gasteiger partial charge is 0.489 e. The van der Waals surface area contributed by atoms with Crippen molar-refractivity contribution in [3.63, 3.8) is 0 Å². The number of rotatable bonds is 6. The summed E-state index contributed by atoms with van der Waals surface area (Å²) in [5.41, 5.74) is 0.774. The molecule has 0 radical (unpaired) electrons. The van der Waals surface area contributed by atoms with Crippen molar-refractivity contribution in [3.05, 3.63) is 52.8 Å². The lowest BCUT2D eigenvalue weighted by molar-refractivity contribution is 0.201. The summed E-state index contributed by atoms with van der Waals surface area (Å²) in [7, 11) is 0. The molecule has 1 unspecified atom stereocenters. The van der Waals surface area contributed by atoms with Crippen molar-refractivity contribution >= 4 is 27.7 Å². The monoisotopic (exact) mass is 367 g/mol. The van der Waals surface area contributed by atoms with E-state index in [9.17, 15) is 5.11 Å². The fourth-order valence-corrected chi connectivity index (χ4v) is 3.26. The molecule has 0 aliphatic carbocycles. The number of aromatic nitrogens is 1. The van der Waals surface area contributed by atoms with Crippen LogP contribution in [0.15, 0.2) is 52.1 Å². The predicted molar refractivity (Wildman–Crippen MR) is 89.8 cm³/mol. The molecule has 1 N–H and O–H groups in total. The molecule has 0 aliphatic heterocycles. The van der Waals surface area contributed by atoms with Crippen LogP contribution >= 0.6 is 27.7 Å². The second-order valence-corrected chi connectivity index (χ2v) is 6.91. The van der Waals surface area contributed by atoms with Crippen LogP contribution in [0.3, 0.4) is 0 Å². The Kier molecular flexibility index (Phi) is 6.08. The van der Waals surface area contributed by atoms with Crippen molar-refractivity contribution in [2.24, 2.45) is 0 Å². The summed E-state index contributed by atoms with van der Waals surface area (Å²) >= 11 is 5.05. The number of aliphatic hydroxyl groups excluding tert-OH is 1. The van der Waals surface area contributed by atoms with E-state index in [1.54, 1.807) is 24.2 Å². The standard InChI is InChI=1S/C16H18BrNO2S/c1-11(2)20-14-6-12(8-18-9-14)16(19)10-21-15-5-3-4-13(17)7-15/h3-9,11,16,19H,10H2,1-2H3. The van der Waals surface area contributed by atoms with Gasteiger partial charge in [-0.2, -0.15) is 0 Å². The highest BCUT2D eigenvalue weighted by Gasteiger charge is 2.10. The van der Waals surface area contributed by atoms with Crippen molar-refractivity contribution in [1.29, 1.82) is 0 Å². The SMILES string of the molecule is CC(C)Oc1cncc(C(O)CSc2cccc(Br)c2)c1. The fraction of sp³-hybridized carbons (Fsp3) is 0.312. The summed E-state index contributed by atoms with van der Waals surface area (Å²) in [6.45, 7) is 3.93. The first-order valence-electron chi connectivity index (χ1n) is 6.72. The van der Waals surface area contributed by atoms with E-state index in [2.05, 4.69) is 20.9 Å². The Morgan fingerprint density at radius 3 is 2.81 bits per heavy atom. The second kappa shape index (κ2) is 7.82. The van der Waals surface area contributed by atoms with Gasteiger partial charge < -0.3 is 9.84 Å². The van der Waals surface area contributed by atoms with Crippen LogP contribution in [-0.4, -0.2) is 21.9 Å². The van der Waals surface area contributed by atoms with Crippen molar-refractivity contribution in [1.82, 2.24) is 4.98 Å². The molecule has 0 saturated carbocycles. The van der Waals surface area contributed by atoms with Gasteiger partial charge in [-0.3, -0.25) is 4.98 Å². The third kappa shape index (κ3) is 5.34. The molecule has 21 heavy (non-hydrogen) atoms. The molecule has 2 aromatic rings. The van der Waals surface area contributed by atoms with E-state index in [-0.39, 0.29) is 6.10 Å². The van der Waals surface area contributed by atoms with Gasteiger partial charge in [-0.1, -0.05) is 22.0 Å². The lowest BCUT2D eigenvalue weighted by Crippen LogP contribution is -2.07. The molecule has 5 heteroatoms. The quantitative estimate of drug-likeness (QED) is 0.765. The number of hydrogen-bond acceptors (Lipinski definition) is 4. The number of halogens is 1. The molecule has 0 spiro atoms. The lowest BCUT2D eigenvalue weighted by atomic mass is 10.2. The Hall–Kier alpha value is -1.04. The zero-order valence-corrected chi connectivity index (χ0v) is 14.4. The van der Waals surface area contributed by atoms with Crippen molar-refractivity contribution in [2.45, 2.75) is 31.0 Å². The van der Waals surface area contributed by atoms with E-state index in [4.69, 9.17) is 4.74 Å². The molecule has 112 valence electrons. The number of nitrogens with zero attached hydrogens (tertiary/aromatic N) is 1. The summed E-state index contributed by atoms with van der Waals surface area (Å²) in [6.07, 6.45) is 2.87. The molecule has 1 heterocycles. The summed E-state index contributed by atoms with van der Waals surface area (Å²) in [5.74, 6) is 1.26. The van der Waals surface area contributed by atoms with Gasteiger partial charge in [-0.15, -0.1) is 11.8 Å². The zero-order chi connectivity index (χ0) is 15.2. The first kappa shape index (κ1) is 16.3. The highest BCUT2D eigenvalue weighted by atomic mass is 79.9. The molecule has 0 fully saturated rings. The van der Waals surface area contributed by atoms with Crippen LogP contribution in [0.5, 0.6) is 5.75 Å². The smallest absolute Gasteiger partial charge is 0.138 e. The molecule has 0 amide bonds. The number of benzene rings is 1. The van der Waals surface area contributed by atoms with E-state index in [0.29, 0.717) is 11.5 Å². The Morgan fingerprint density at radius 2 is 2.10 bits per heavy atom. The minimum absolute atomic E-state index is 0.0928. The van der Waals surface area contributed by atoms with E-state index in [0.717, 1.165) is 14.9 Å². The predicted octanol–water partition coefficient (Wildman–Crippen LogP) is 4.46.